The molecule has 0 aliphatic heterocycles. The van der Waals surface area contributed by atoms with Gasteiger partial charge in [0.1, 0.15) is 5.75 Å². The molecule has 0 radical (unpaired) electrons. The summed E-state index contributed by atoms with van der Waals surface area (Å²) in [5, 5.41) is 0. The molecule has 2 aromatic carbocycles. The Hall–Kier alpha value is -2.85. The summed E-state index contributed by atoms with van der Waals surface area (Å²) in [4.78, 5) is 21.5. The summed E-state index contributed by atoms with van der Waals surface area (Å²) in [6.45, 7) is 13.4. The second-order valence-corrected chi connectivity index (χ2v) is 7.10. The van der Waals surface area contributed by atoms with E-state index >= 15 is 0 Å². The lowest BCUT2D eigenvalue weighted by Gasteiger charge is -2.28. The number of benzene rings is 2. The number of allylic oxidation sites excluding steroid dienone is 2. The molecule has 148 valence electrons. The Morgan fingerprint density at radius 3 is 1.93 bits per heavy atom. The summed E-state index contributed by atoms with van der Waals surface area (Å²) < 4.78 is 5.34. The maximum atomic E-state index is 11.4. The Morgan fingerprint density at radius 1 is 0.964 bits per heavy atom. The van der Waals surface area contributed by atoms with Crippen molar-refractivity contribution in [3.8, 4) is 11.5 Å². The molecule has 0 heterocycles. The molecule has 0 spiro atoms. The van der Waals surface area contributed by atoms with Crippen LogP contribution in [0.4, 0.5) is 0 Å². The van der Waals surface area contributed by atoms with Gasteiger partial charge in [0.15, 0.2) is 5.75 Å². The number of ether oxygens (including phenoxy) is 1. The summed E-state index contributed by atoms with van der Waals surface area (Å²) >= 11 is 0. The van der Waals surface area contributed by atoms with Gasteiger partial charge in [-0.1, -0.05) is 50.3 Å². The minimum Gasteiger partial charge on any atom is -0.426 e. The lowest BCUT2D eigenvalue weighted by molar-refractivity contribution is -0.178. The first kappa shape index (κ1) is 21.5. The first-order chi connectivity index (χ1) is 13.3. The third-order valence-corrected chi connectivity index (χ3v) is 4.72. The highest BCUT2D eigenvalue weighted by Gasteiger charge is 2.25. The predicted molar refractivity (Wildman–Crippen MR) is 112 cm³/mol. The average Bonchev–Trinajstić information content (AvgIpc) is 2.64. The molecule has 4 nitrogen and oxygen atoms in total. The van der Waals surface area contributed by atoms with Gasteiger partial charge in [0, 0.05) is 17.9 Å². The van der Waals surface area contributed by atoms with Crippen LogP contribution >= 0.6 is 0 Å². The van der Waals surface area contributed by atoms with Gasteiger partial charge in [-0.15, -0.1) is 13.2 Å². The Kier molecular flexibility index (Phi) is 7.18. The number of hydrogen-bond acceptors (Lipinski definition) is 4. The average molecular weight is 380 g/mol. The molecule has 0 saturated carbocycles. The number of rotatable bonds is 9. The fraction of sp³-hybridized carbons (Fsp3) is 0.292. The molecule has 0 aromatic heterocycles. The van der Waals surface area contributed by atoms with Gasteiger partial charge in [-0.2, -0.15) is 4.89 Å². The second kappa shape index (κ2) is 9.38. The standard InChI is InChI=1S/C24H28O4/c1-7-9-18-15-20(11-13-22(18)27-17(3)25)24(4,5)21-12-14-23(28-26-6)19(16-21)10-8-2/h7-8,11-16H,1-2,9-10H2,3-6H3. The number of carbonyl (C=O) groups excluding carboxylic acids is 1. The molecule has 0 aliphatic rings. The van der Waals surface area contributed by atoms with Crippen LogP contribution in [0.25, 0.3) is 0 Å². The maximum absolute atomic E-state index is 11.4. The van der Waals surface area contributed by atoms with Crippen LogP contribution in [0.15, 0.2) is 61.7 Å². The molecule has 0 unspecified atom stereocenters. The smallest absolute Gasteiger partial charge is 0.308 e. The zero-order valence-electron chi connectivity index (χ0n) is 17.1. The van der Waals surface area contributed by atoms with Crippen molar-refractivity contribution in [3.05, 3.63) is 84.0 Å². The van der Waals surface area contributed by atoms with Gasteiger partial charge in [-0.3, -0.25) is 4.79 Å². The van der Waals surface area contributed by atoms with Crippen molar-refractivity contribution < 1.29 is 19.3 Å². The highest BCUT2D eigenvalue weighted by atomic mass is 17.2. The van der Waals surface area contributed by atoms with Gasteiger partial charge in [-0.05, 0) is 41.7 Å². The fourth-order valence-corrected chi connectivity index (χ4v) is 3.16. The molecule has 0 atom stereocenters. The second-order valence-electron chi connectivity index (χ2n) is 7.10. The van der Waals surface area contributed by atoms with Crippen molar-refractivity contribution in [1.82, 2.24) is 0 Å². The Bertz CT molecular complexity index is 865. The van der Waals surface area contributed by atoms with Crippen LogP contribution in [0.2, 0.25) is 0 Å². The largest absolute Gasteiger partial charge is 0.426 e. The maximum Gasteiger partial charge on any atom is 0.308 e. The van der Waals surface area contributed by atoms with E-state index in [-0.39, 0.29) is 11.4 Å². The van der Waals surface area contributed by atoms with Crippen molar-refractivity contribution >= 4 is 5.97 Å². The van der Waals surface area contributed by atoms with E-state index in [0.29, 0.717) is 24.3 Å². The summed E-state index contributed by atoms with van der Waals surface area (Å²) in [7, 11) is 1.49. The minimum absolute atomic E-state index is 0.272. The van der Waals surface area contributed by atoms with E-state index in [1.165, 1.54) is 14.0 Å². The highest BCUT2D eigenvalue weighted by molar-refractivity contribution is 5.70. The fourth-order valence-electron chi connectivity index (χ4n) is 3.16. The van der Waals surface area contributed by atoms with Crippen molar-refractivity contribution in [2.45, 2.75) is 39.0 Å². The lowest BCUT2D eigenvalue weighted by Crippen LogP contribution is -2.20. The third kappa shape index (κ3) is 4.90. The van der Waals surface area contributed by atoms with E-state index < -0.39 is 0 Å². The molecule has 0 saturated heterocycles. The molecule has 0 aliphatic carbocycles. The summed E-state index contributed by atoms with van der Waals surface area (Å²) in [6, 6.07) is 12.0. The molecule has 2 rings (SSSR count). The van der Waals surface area contributed by atoms with Gasteiger partial charge in [0.25, 0.3) is 0 Å². The zero-order chi connectivity index (χ0) is 20.7. The Morgan fingerprint density at radius 2 is 1.46 bits per heavy atom. The number of hydrogen-bond donors (Lipinski definition) is 0. The molecule has 0 bridgehead atoms. The zero-order valence-corrected chi connectivity index (χ0v) is 17.1. The van der Waals surface area contributed by atoms with Gasteiger partial charge in [0.05, 0.1) is 7.11 Å². The van der Waals surface area contributed by atoms with Gasteiger partial charge in [-0.25, -0.2) is 0 Å². The molecule has 0 amide bonds. The van der Waals surface area contributed by atoms with Crippen LogP contribution < -0.4 is 9.62 Å². The molecule has 4 heteroatoms. The van der Waals surface area contributed by atoms with E-state index in [1.807, 2.05) is 30.3 Å². The van der Waals surface area contributed by atoms with E-state index in [1.54, 1.807) is 6.08 Å². The van der Waals surface area contributed by atoms with Crippen molar-refractivity contribution in [1.29, 1.82) is 0 Å². The summed E-state index contributed by atoms with van der Waals surface area (Å²) in [5.41, 5.74) is 3.92. The summed E-state index contributed by atoms with van der Waals surface area (Å²) in [5.74, 6) is 0.919. The number of esters is 1. The molecular formula is C24H28O4. The van der Waals surface area contributed by atoms with Crippen LogP contribution in [-0.2, 0) is 27.9 Å². The molecule has 0 N–H and O–H groups in total. The van der Waals surface area contributed by atoms with Crippen molar-refractivity contribution in [2.24, 2.45) is 0 Å². The van der Waals surface area contributed by atoms with E-state index in [4.69, 9.17) is 14.5 Å². The quantitative estimate of drug-likeness (QED) is 0.194. The predicted octanol–water partition coefficient (Wildman–Crippen LogP) is 5.34. The van der Waals surface area contributed by atoms with Gasteiger partial charge < -0.3 is 9.62 Å². The van der Waals surface area contributed by atoms with E-state index in [0.717, 1.165) is 22.3 Å². The Balaban J connectivity index is 2.49. The first-order valence-electron chi connectivity index (χ1n) is 9.21. The lowest BCUT2D eigenvalue weighted by atomic mass is 9.77. The van der Waals surface area contributed by atoms with Gasteiger partial charge >= 0.3 is 5.97 Å². The van der Waals surface area contributed by atoms with E-state index in [9.17, 15) is 4.79 Å². The van der Waals surface area contributed by atoms with Crippen LogP contribution in [0.5, 0.6) is 11.5 Å². The van der Waals surface area contributed by atoms with Crippen LogP contribution in [0, 0.1) is 0 Å². The van der Waals surface area contributed by atoms with E-state index in [2.05, 4.69) is 39.1 Å². The SMILES string of the molecule is C=CCc1cc(C(C)(C)c2ccc(OC(C)=O)c(CC=C)c2)ccc1OOC. The third-order valence-electron chi connectivity index (χ3n) is 4.72. The normalized spacial score (nSPS) is 11.0. The van der Waals surface area contributed by atoms with Crippen LogP contribution in [0.3, 0.4) is 0 Å². The van der Waals surface area contributed by atoms with Crippen molar-refractivity contribution in [2.75, 3.05) is 7.11 Å². The number of carbonyl (C=O) groups is 1. The molecule has 0 fully saturated rings. The monoisotopic (exact) mass is 380 g/mol. The van der Waals surface area contributed by atoms with Gasteiger partial charge in [0.2, 0.25) is 0 Å². The van der Waals surface area contributed by atoms with Crippen LogP contribution in [-0.4, -0.2) is 13.1 Å². The Labute approximate surface area is 167 Å². The first-order valence-corrected chi connectivity index (χ1v) is 9.21. The van der Waals surface area contributed by atoms with Crippen molar-refractivity contribution in [3.63, 3.8) is 0 Å². The molecular weight excluding hydrogens is 352 g/mol. The summed E-state index contributed by atoms with van der Waals surface area (Å²) in [6.07, 6.45) is 4.94. The van der Waals surface area contributed by atoms with Crippen LogP contribution in [0.1, 0.15) is 43.0 Å². The molecule has 28 heavy (non-hydrogen) atoms. The topological polar surface area (TPSA) is 44.8 Å². The minimum atomic E-state index is -0.333. The molecule has 2 aromatic rings. The highest BCUT2D eigenvalue weighted by Crippen LogP contribution is 2.36.